The second-order valence-corrected chi connectivity index (χ2v) is 3.45. The van der Waals surface area contributed by atoms with Crippen LogP contribution in [0.2, 0.25) is 0 Å². The van der Waals surface area contributed by atoms with E-state index >= 15 is 0 Å². The van der Waals surface area contributed by atoms with Crippen molar-refractivity contribution >= 4 is 5.91 Å². The van der Waals surface area contributed by atoms with E-state index in [1.807, 2.05) is 6.92 Å². The quantitative estimate of drug-likeness (QED) is 0.651. The fraction of sp³-hybridized carbons (Fsp3) is 0.700. The topological polar surface area (TPSA) is 32.3 Å². The molecule has 3 heteroatoms. The molecule has 1 fully saturated rings. The average Bonchev–Trinajstić information content (AvgIpc) is 2.65. The molecule has 1 atom stereocenters. The first-order valence-corrected chi connectivity index (χ1v) is 4.88. The summed E-state index contributed by atoms with van der Waals surface area (Å²) in [6.07, 6.45) is 4.15. The van der Waals surface area contributed by atoms with Crippen molar-refractivity contribution in [2.24, 2.45) is 0 Å². The van der Waals surface area contributed by atoms with Crippen LogP contribution in [-0.2, 0) is 4.79 Å². The molecule has 13 heavy (non-hydrogen) atoms. The maximum atomic E-state index is 11.5. The highest BCUT2D eigenvalue weighted by Crippen LogP contribution is 2.11. The number of hydrogen-bond acceptors (Lipinski definition) is 2. The third-order valence-corrected chi connectivity index (χ3v) is 2.49. The molecule has 0 bridgehead atoms. The van der Waals surface area contributed by atoms with Crippen molar-refractivity contribution in [1.29, 1.82) is 0 Å². The molecule has 0 radical (unpaired) electrons. The fourth-order valence-corrected chi connectivity index (χ4v) is 1.62. The number of nitrogens with zero attached hydrogens (tertiary/aromatic N) is 1. The lowest BCUT2D eigenvalue weighted by molar-refractivity contribution is -0.125. The normalized spacial score (nSPS) is 19.8. The Morgan fingerprint density at radius 2 is 2.23 bits per heavy atom. The molecule has 1 N–H and O–H groups in total. The number of amides is 1. The molecule has 1 amide bonds. The van der Waals surface area contributed by atoms with E-state index in [9.17, 15) is 4.79 Å². The van der Waals surface area contributed by atoms with Crippen LogP contribution in [0, 0.1) is 0 Å². The minimum atomic E-state index is 0.0162. The second kappa shape index (κ2) is 5.02. The Kier molecular flexibility index (Phi) is 3.96. The van der Waals surface area contributed by atoms with Crippen molar-refractivity contribution in [3.05, 3.63) is 12.7 Å². The predicted molar refractivity (Wildman–Crippen MR) is 53.5 cm³/mol. The van der Waals surface area contributed by atoms with E-state index in [-0.39, 0.29) is 11.9 Å². The molecule has 0 aromatic heterocycles. The van der Waals surface area contributed by atoms with Crippen LogP contribution in [0.1, 0.15) is 19.8 Å². The fourth-order valence-electron chi connectivity index (χ4n) is 1.62. The lowest BCUT2D eigenvalue weighted by atomic mass is 10.3. The molecule has 1 saturated heterocycles. The van der Waals surface area contributed by atoms with E-state index < -0.39 is 0 Å². The van der Waals surface area contributed by atoms with Gasteiger partial charge in [0.05, 0.1) is 6.04 Å². The van der Waals surface area contributed by atoms with Crippen molar-refractivity contribution in [2.45, 2.75) is 25.8 Å². The summed E-state index contributed by atoms with van der Waals surface area (Å²) >= 11 is 0. The molecule has 0 aliphatic carbocycles. The van der Waals surface area contributed by atoms with Crippen LogP contribution in [0.15, 0.2) is 12.7 Å². The van der Waals surface area contributed by atoms with Gasteiger partial charge in [0, 0.05) is 6.54 Å². The SMILES string of the molecule is C=CCNC(=O)[C@@H](C)N1CCCC1. The van der Waals surface area contributed by atoms with E-state index in [1.54, 1.807) is 6.08 Å². The Labute approximate surface area is 79.8 Å². The summed E-state index contributed by atoms with van der Waals surface area (Å²) < 4.78 is 0. The van der Waals surface area contributed by atoms with Crippen LogP contribution in [0.5, 0.6) is 0 Å². The molecule has 0 aromatic carbocycles. The highest BCUT2D eigenvalue weighted by atomic mass is 16.2. The minimum Gasteiger partial charge on any atom is -0.351 e. The molecule has 0 saturated carbocycles. The highest BCUT2D eigenvalue weighted by molar-refractivity contribution is 5.81. The molecule has 1 heterocycles. The van der Waals surface area contributed by atoms with Gasteiger partial charge in [-0.3, -0.25) is 9.69 Å². The summed E-state index contributed by atoms with van der Waals surface area (Å²) in [5, 5.41) is 2.81. The minimum absolute atomic E-state index is 0.0162. The third kappa shape index (κ3) is 2.84. The van der Waals surface area contributed by atoms with Gasteiger partial charge in [-0.05, 0) is 32.9 Å². The Hall–Kier alpha value is -0.830. The van der Waals surface area contributed by atoms with Crippen molar-refractivity contribution in [1.82, 2.24) is 10.2 Å². The van der Waals surface area contributed by atoms with Crippen LogP contribution in [-0.4, -0.2) is 36.5 Å². The molecule has 1 aliphatic rings. The van der Waals surface area contributed by atoms with Gasteiger partial charge in [0.2, 0.25) is 5.91 Å². The third-order valence-electron chi connectivity index (χ3n) is 2.49. The zero-order valence-electron chi connectivity index (χ0n) is 8.25. The standard InChI is InChI=1S/C10H18N2O/c1-3-6-11-10(13)9(2)12-7-4-5-8-12/h3,9H,1,4-8H2,2H3,(H,11,13)/t9-/m1/s1. The maximum Gasteiger partial charge on any atom is 0.237 e. The van der Waals surface area contributed by atoms with Crippen LogP contribution in [0.4, 0.5) is 0 Å². The smallest absolute Gasteiger partial charge is 0.237 e. The first kappa shape index (κ1) is 10.3. The summed E-state index contributed by atoms with van der Waals surface area (Å²) in [5.74, 6) is 0.113. The van der Waals surface area contributed by atoms with Gasteiger partial charge in [-0.2, -0.15) is 0 Å². The van der Waals surface area contributed by atoms with Gasteiger partial charge in [-0.1, -0.05) is 6.08 Å². The molecule has 0 spiro atoms. The van der Waals surface area contributed by atoms with Crippen LogP contribution in [0.3, 0.4) is 0 Å². The largest absolute Gasteiger partial charge is 0.351 e. The van der Waals surface area contributed by atoms with Crippen molar-refractivity contribution in [3.63, 3.8) is 0 Å². The zero-order chi connectivity index (χ0) is 9.68. The first-order chi connectivity index (χ1) is 6.25. The van der Waals surface area contributed by atoms with E-state index in [0.29, 0.717) is 6.54 Å². The Balaban J connectivity index is 2.31. The van der Waals surface area contributed by atoms with Gasteiger partial charge in [0.15, 0.2) is 0 Å². The molecule has 0 unspecified atom stereocenters. The van der Waals surface area contributed by atoms with Gasteiger partial charge in [0.25, 0.3) is 0 Å². The van der Waals surface area contributed by atoms with Crippen LogP contribution in [0.25, 0.3) is 0 Å². The van der Waals surface area contributed by atoms with E-state index in [0.717, 1.165) is 13.1 Å². The summed E-state index contributed by atoms with van der Waals surface area (Å²) in [5.41, 5.74) is 0. The lowest BCUT2D eigenvalue weighted by Crippen LogP contribution is -2.43. The second-order valence-electron chi connectivity index (χ2n) is 3.45. The van der Waals surface area contributed by atoms with Gasteiger partial charge in [-0.25, -0.2) is 0 Å². The van der Waals surface area contributed by atoms with Gasteiger partial charge in [-0.15, -0.1) is 6.58 Å². The lowest BCUT2D eigenvalue weighted by Gasteiger charge is -2.22. The van der Waals surface area contributed by atoms with Crippen molar-refractivity contribution in [3.8, 4) is 0 Å². The summed E-state index contributed by atoms with van der Waals surface area (Å²) in [4.78, 5) is 13.7. The van der Waals surface area contributed by atoms with Crippen LogP contribution < -0.4 is 5.32 Å². The molecule has 1 rings (SSSR count). The van der Waals surface area contributed by atoms with Gasteiger partial charge in [0.1, 0.15) is 0 Å². The van der Waals surface area contributed by atoms with Crippen LogP contribution >= 0.6 is 0 Å². The number of likely N-dealkylation sites (tertiary alicyclic amines) is 1. The molecular formula is C10H18N2O. The number of carbonyl (C=O) groups is 1. The average molecular weight is 182 g/mol. The summed E-state index contributed by atoms with van der Waals surface area (Å²) in [6.45, 7) is 8.21. The molecular weight excluding hydrogens is 164 g/mol. The number of rotatable bonds is 4. The molecule has 1 aliphatic heterocycles. The Morgan fingerprint density at radius 3 is 2.77 bits per heavy atom. The van der Waals surface area contributed by atoms with E-state index in [1.165, 1.54) is 12.8 Å². The Bertz CT molecular complexity index is 185. The maximum absolute atomic E-state index is 11.5. The Morgan fingerprint density at radius 1 is 1.62 bits per heavy atom. The first-order valence-electron chi connectivity index (χ1n) is 4.88. The van der Waals surface area contributed by atoms with Gasteiger partial charge < -0.3 is 5.32 Å². The zero-order valence-corrected chi connectivity index (χ0v) is 8.25. The molecule has 3 nitrogen and oxygen atoms in total. The predicted octanol–water partition coefficient (Wildman–Crippen LogP) is 0.773. The highest BCUT2D eigenvalue weighted by Gasteiger charge is 2.22. The summed E-state index contributed by atoms with van der Waals surface area (Å²) in [7, 11) is 0. The van der Waals surface area contributed by atoms with Crippen molar-refractivity contribution in [2.75, 3.05) is 19.6 Å². The van der Waals surface area contributed by atoms with E-state index in [2.05, 4.69) is 16.8 Å². The summed E-state index contributed by atoms with van der Waals surface area (Å²) in [6, 6.07) is 0.0162. The van der Waals surface area contributed by atoms with Crippen molar-refractivity contribution < 1.29 is 4.79 Å². The molecule has 0 aromatic rings. The van der Waals surface area contributed by atoms with E-state index in [4.69, 9.17) is 0 Å². The number of nitrogens with one attached hydrogen (secondary N) is 1. The number of hydrogen-bond donors (Lipinski definition) is 1. The monoisotopic (exact) mass is 182 g/mol. The molecule has 74 valence electrons. The van der Waals surface area contributed by atoms with Gasteiger partial charge >= 0.3 is 0 Å². The number of carbonyl (C=O) groups excluding carboxylic acids is 1.